The molecule has 1 fully saturated rings. The zero-order chi connectivity index (χ0) is 45.4. The maximum Gasteiger partial charge on any atom is 0.494 e. The van der Waals surface area contributed by atoms with Crippen molar-refractivity contribution >= 4 is 12.6 Å². The van der Waals surface area contributed by atoms with Crippen molar-refractivity contribution < 1.29 is 9.31 Å². The van der Waals surface area contributed by atoms with Crippen LogP contribution in [0.3, 0.4) is 0 Å². The molecular formula is C62H73BO2. The van der Waals surface area contributed by atoms with E-state index in [1.165, 1.54) is 151 Å². The molecule has 65 heavy (non-hydrogen) atoms. The summed E-state index contributed by atoms with van der Waals surface area (Å²) in [5.41, 5.74) is 19.4. The van der Waals surface area contributed by atoms with Crippen LogP contribution in [0.5, 0.6) is 0 Å². The number of unbranched alkanes of at least 4 members (excludes halogenated alkanes) is 10. The monoisotopic (exact) mass is 861 g/mol. The van der Waals surface area contributed by atoms with E-state index in [0.29, 0.717) is 0 Å². The van der Waals surface area contributed by atoms with E-state index < -0.39 is 0 Å². The molecule has 6 aromatic rings. The van der Waals surface area contributed by atoms with Crippen LogP contribution in [0.1, 0.15) is 168 Å². The first kappa shape index (κ1) is 45.5. The van der Waals surface area contributed by atoms with Crippen LogP contribution >= 0.6 is 0 Å². The van der Waals surface area contributed by atoms with Gasteiger partial charge in [-0.1, -0.05) is 208 Å². The van der Waals surface area contributed by atoms with E-state index in [9.17, 15) is 0 Å². The second-order valence-electron chi connectivity index (χ2n) is 21.4. The first-order valence-electron chi connectivity index (χ1n) is 25.5. The summed E-state index contributed by atoms with van der Waals surface area (Å²) in [4.78, 5) is 0. The third-order valence-electron chi connectivity index (χ3n) is 16.1. The molecule has 0 unspecified atom stereocenters. The summed E-state index contributed by atoms with van der Waals surface area (Å²) in [6.07, 6.45) is 18.5. The van der Waals surface area contributed by atoms with Crippen molar-refractivity contribution in [2.75, 3.05) is 0 Å². The normalized spacial score (nSPS) is 16.9. The number of rotatable bonds is 18. The summed E-state index contributed by atoms with van der Waals surface area (Å²) in [6.45, 7) is 17.9. The van der Waals surface area contributed by atoms with E-state index in [-0.39, 0.29) is 29.2 Å². The van der Waals surface area contributed by atoms with E-state index in [0.717, 1.165) is 11.0 Å². The van der Waals surface area contributed by atoms with Crippen LogP contribution in [0, 0.1) is 0 Å². The van der Waals surface area contributed by atoms with Crippen molar-refractivity contribution in [3.8, 4) is 55.6 Å². The molecule has 3 aliphatic rings. The number of hydrogen-bond acceptors (Lipinski definition) is 2. The van der Waals surface area contributed by atoms with Gasteiger partial charge in [-0.25, -0.2) is 0 Å². The van der Waals surface area contributed by atoms with Gasteiger partial charge in [0.05, 0.1) is 11.2 Å². The second kappa shape index (κ2) is 18.5. The quantitative estimate of drug-likeness (QED) is 0.0633. The lowest BCUT2D eigenvalue weighted by Crippen LogP contribution is -2.41. The summed E-state index contributed by atoms with van der Waals surface area (Å²) in [5, 5.41) is 0. The van der Waals surface area contributed by atoms with Gasteiger partial charge in [0.25, 0.3) is 0 Å². The van der Waals surface area contributed by atoms with E-state index >= 15 is 0 Å². The lowest BCUT2D eigenvalue weighted by atomic mass is 9.70. The van der Waals surface area contributed by atoms with Gasteiger partial charge in [-0.15, -0.1) is 0 Å². The van der Waals surface area contributed by atoms with Gasteiger partial charge in [0.2, 0.25) is 0 Å². The molecule has 0 spiro atoms. The van der Waals surface area contributed by atoms with Gasteiger partial charge < -0.3 is 9.31 Å². The Balaban J connectivity index is 1.00. The van der Waals surface area contributed by atoms with E-state index in [2.05, 4.69) is 183 Å². The molecule has 0 N–H and O–H groups in total. The molecule has 0 atom stereocenters. The Morgan fingerprint density at radius 2 is 0.785 bits per heavy atom. The predicted octanol–water partition coefficient (Wildman–Crippen LogP) is 17.1. The Labute approximate surface area is 392 Å². The molecule has 2 aliphatic carbocycles. The molecule has 0 aromatic heterocycles. The summed E-state index contributed by atoms with van der Waals surface area (Å²) in [6, 6.07) is 49.1. The van der Waals surface area contributed by atoms with Crippen LogP contribution in [-0.4, -0.2) is 18.3 Å². The Morgan fingerprint density at radius 3 is 1.32 bits per heavy atom. The van der Waals surface area contributed by atoms with E-state index in [1.807, 2.05) is 0 Å². The fourth-order valence-corrected chi connectivity index (χ4v) is 11.5. The summed E-state index contributed by atoms with van der Waals surface area (Å²) in [7, 11) is -0.387. The highest BCUT2D eigenvalue weighted by molar-refractivity contribution is 6.62. The maximum absolute atomic E-state index is 6.42. The predicted molar refractivity (Wildman–Crippen MR) is 278 cm³/mol. The minimum atomic E-state index is -0.387. The van der Waals surface area contributed by atoms with Crippen molar-refractivity contribution in [1.29, 1.82) is 0 Å². The van der Waals surface area contributed by atoms with Crippen LogP contribution in [0.2, 0.25) is 0 Å². The van der Waals surface area contributed by atoms with Gasteiger partial charge in [-0.3, -0.25) is 0 Å². The number of fused-ring (bicyclic) bond motifs is 6. The lowest BCUT2D eigenvalue weighted by molar-refractivity contribution is 0.00578. The fraction of sp³-hybridized carbons (Fsp3) is 0.419. The molecular weight excluding hydrogens is 787 g/mol. The summed E-state index contributed by atoms with van der Waals surface area (Å²) < 4.78 is 12.8. The average Bonchev–Trinajstić information content (AvgIpc) is 3.82. The van der Waals surface area contributed by atoms with Gasteiger partial charge in [0.15, 0.2) is 0 Å². The smallest absolute Gasteiger partial charge is 0.399 e. The van der Waals surface area contributed by atoms with Crippen molar-refractivity contribution in [2.24, 2.45) is 0 Å². The zero-order valence-corrected chi connectivity index (χ0v) is 40.9. The third-order valence-corrected chi connectivity index (χ3v) is 16.1. The summed E-state index contributed by atoms with van der Waals surface area (Å²) in [5.74, 6) is 0. The van der Waals surface area contributed by atoms with Crippen LogP contribution in [0.4, 0.5) is 0 Å². The van der Waals surface area contributed by atoms with E-state index in [1.54, 1.807) is 11.1 Å². The van der Waals surface area contributed by atoms with Gasteiger partial charge in [0.1, 0.15) is 0 Å². The second-order valence-corrected chi connectivity index (χ2v) is 21.4. The Kier molecular flexibility index (Phi) is 13.0. The molecule has 336 valence electrons. The molecule has 0 saturated carbocycles. The van der Waals surface area contributed by atoms with Crippen LogP contribution in [-0.2, 0) is 20.1 Å². The Hall–Kier alpha value is -4.70. The van der Waals surface area contributed by atoms with Crippen molar-refractivity contribution in [1.82, 2.24) is 0 Å². The minimum absolute atomic E-state index is 0.0768. The highest BCUT2D eigenvalue weighted by Gasteiger charge is 2.52. The van der Waals surface area contributed by atoms with Crippen molar-refractivity contribution in [3.63, 3.8) is 0 Å². The molecule has 0 bridgehead atoms. The number of hydrogen-bond donors (Lipinski definition) is 0. The first-order chi connectivity index (χ1) is 31.4. The minimum Gasteiger partial charge on any atom is -0.399 e. The standard InChI is InChI=1S/C62H73BO2/c1-9-11-13-15-17-21-37-62(38-22-18-16-14-12-10-2)55-30-20-19-29-51(55)54-36-33-49(43-58(54)62)48-32-35-53-52-34-31-47(41-56(52)59(3,4)57(53)42-48)45-26-23-25-44(39-45)46-27-24-28-50(40-46)63-64-60(5,6)61(7,8)65-63/h19-20,23-36,39-43H,9-18,21-22,37-38H2,1-8H3. The summed E-state index contributed by atoms with van der Waals surface area (Å²) >= 11 is 0. The zero-order valence-electron chi connectivity index (χ0n) is 40.9. The number of benzene rings is 6. The molecule has 0 amide bonds. The lowest BCUT2D eigenvalue weighted by Gasteiger charge is -2.33. The molecule has 1 saturated heterocycles. The van der Waals surface area contributed by atoms with Gasteiger partial charge >= 0.3 is 7.12 Å². The highest BCUT2D eigenvalue weighted by Crippen LogP contribution is 2.56. The SMILES string of the molecule is CCCCCCCCC1(CCCCCCCC)c2ccccc2-c2ccc(-c3ccc4c(c3)C(C)(C)c3cc(-c5cccc(-c6cccc(B7OC(C)(C)C(C)(C)O7)c6)c5)ccc3-4)cc21. The first-order valence-corrected chi connectivity index (χ1v) is 25.5. The van der Waals surface area contributed by atoms with Crippen LogP contribution in [0.15, 0.2) is 127 Å². The van der Waals surface area contributed by atoms with Gasteiger partial charge in [-0.05, 0) is 148 Å². The maximum atomic E-state index is 6.42. The molecule has 2 nitrogen and oxygen atoms in total. The molecule has 1 aliphatic heterocycles. The molecule has 9 rings (SSSR count). The molecule has 0 radical (unpaired) electrons. The Morgan fingerprint density at radius 1 is 0.369 bits per heavy atom. The Bertz CT molecular complexity index is 2610. The highest BCUT2D eigenvalue weighted by atomic mass is 16.7. The average molecular weight is 861 g/mol. The van der Waals surface area contributed by atoms with Crippen molar-refractivity contribution in [3.05, 3.63) is 150 Å². The van der Waals surface area contributed by atoms with Crippen molar-refractivity contribution in [2.45, 2.75) is 167 Å². The molecule has 3 heteroatoms. The van der Waals surface area contributed by atoms with Crippen LogP contribution in [0.25, 0.3) is 55.6 Å². The van der Waals surface area contributed by atoms with Gasteiger partial charge in [-0.2, -0.15) is 0 Å². The van der Waals surface area contributed by atoms with Gasteiger partial charge in [0, 0.05) is 10.8 Å². The van der Waals surface area contributed by atoms with Crippen LogP contribution < -0.4 is 5.46 Å². The fourth-order valence-electron chi connectivity index (χ4n) is 11.5. The molecule has 1 heterocycles. The third kappa shape index (κ3) is 8.62. The largest absolute Gasteiger partial charge is 0.494 e. The van der Waals surface area contributed by atoms with E-state index in [4.69, 9.17) is 9.31 Å². The topological polar surface area (TPSA) is 18.5 Å². The molecule has 6 aromatic carbocycles.